The van der Waals surface area contributed by atoms with Crippen molar-refractivity contribution in [2.45, 2.75) is 71.8 Å². The summed E-state index contributed by atoms with van der Waals surface area (Å²) in [5.41, 5.74) is 3.09. The molecule has 1 aliphatic rings. The van der Waals surface area contributed by atoms with Crippen molar-refractivity contribution in [1.82, 2.24) is 4.98 Å². The van der Waals surface area contributed by atoms with Gasteiger partial charge in [-0.1, -0.05) is 53.7 Å². The lowest BCUT2D eigenvalue weighted by molar-refractivity contribution is 0.120. The number of methoxy groups -OCH3 is 1. The Balaban J connectivity index is 2.06. The fraction of sp³-hybridized carbons (Fsp3) is 0.462. The molecule has 172 valence electrons. The number of anilines is 1. The summed E-state index contributed by atoms with van der Waals surface area (Å²) in [7, 11) is 1.29. The Morgan fingerprint density at radius 3 is 2.31 bits per heavy atom. The number of aromatic amines is 1. The van der Waals surface area contributed by atoms with Crippen molar-refractivity contribution < 1.29 is 14.3 Å². The second-order valence-electron chi connectivity index (χ2n) is 10.3. The van der Waals surface area contributed by atoms with E-state index >= 15 is 0 Å². The van der Waals surface area contributed by atoms with Gasteiger partial charge < -0.3 is 19.8 Å². The predicted molar refractivity (Wildman–Crippen MR) is 129 cm³/mol. The summed E-state index contributed by atoms with van der Waals surface area (Å²) in [4.78, 5) is 28.1. The lowest BCUT2D eigenvalue weighted by atomic mass is 9.79. The van der Waals surface area contributed by atoms with Crippen LogP contribution in [0.4, 0.5) is 10.5 Å². The summed E-state index contributed by atoms with van der Waals surface area (Å²) in [6.45, 7) is 13.0. The first-order valence-corrected chi connectivity index (χ1v) is 11.0. The van der Waals surface area contributed by atoms with Crippen molar-refractivity contribution in [2.24, 2.45) is 0 Å². The van der Waals surface area contributed by atoms with Crippen LogP contribution in [0, 0.1) is 0 Å². The quantitative estimate of drug-likeness (QED) is 0.555. The largest absolute Gasteiger partial charge is 0.513 e. The van der Waals surface area contributed by atoms with Gasteiger partial charge >= 0.3 is 6.16 Å². The van der Waals surface area contributed by atoms with Gasteiger partial charge in [0.2, 0.25) is 0 Å². The fourth-order valence-corrected chi connectivity index (χ4v) is 3.90. The molecule has 3 rings (SSSR count). The van der Waals surface area contributed by atoms with Gasteiger partial charge in [0, 0.05) is 46.2 Å². The van der Waals surface area contributed by atoms with Crippen molar-refractivity contribution in [3.05, 3.63) is 55.8 Å². The molecule has 0 bridgehead atoms. The van der Waals surface area contributed by atoms with E-state index in [1.807, 2.05) is 12.1 Å². The molecule has 32 heavy (non-hydrogen) atoms. The molecule has 0 fully saturated rings. The molecule has 1 aliphatic carbocycles. The average molecular weight is 439 g/mol. The topological polar surface area (TPSA) is 80.4 Å². The molecule has 0 saturated heterocycles. The molecule has 6 nitrogen and oxygen atoms in total. The van der Waals surface area contributed by atoms with Crippen molar-refractivity contribution in [1.29, 1.82) is 0 Å². The number of hydrogen-bond acceptors (Lipinski definition) is 5. The number of carbonyl (C=O) groups is 1. The van der Waals surface area contributed by atoms with Gasteiger partial charge in [-0.3, -0.25) is 4.79 Å². The van der Waals surface area contributed by atoms with Crippen LogP contribution in [-0.2, 0) is 22.1 Å². The van der Waals surface area contributed by atoms with Crippen LogP contribution in [0.1, 0.15) is 71.1 Å². The number of pyridine rings is 1. The molecular weight excluding hydrogens is 404 g/mol. The third-order valence-corrected chi connectivity index (χ3v) is 5.66. The van der Waals surface area contributed by atoms with Crippen LogP contribution in [0.3, 0.4) is 0 Å². The van der Waals surface area contributed by atoms with Crippen molar-refractivity contribution in [2.75, 3.05) is 12.4 Å². The number of nitrogens with one attached hydrogen (secondary N) is 2. The minimum atomic E-state index is -0.761. The predicted octanol–water partition coefficient (Wildman–Crippen LogP) is 4.08. The molecule has 0 saturated carbocycles. The molecule has 1 aromatic heterocycles. The van der Waals surface area contributed by atoms with Gasteiger partial charge in [-0.05, 0) is 35.3 Å². The summed E-state index contributed by atoms with van der Waals surface area (Å²) >= 11 is 0. The number of aromatic nitrogens is 1. The lowest BCUT2D eigenvalue weighted by Crippen LogP contribution is -2.44. The van der Waals surface area contributed by atoms with E-state index in [-0.39, 0.29) is 16.3 Å². The molecule has 6 heteroatoms. The number of fused-ring (bicyclic) bond motifs is 1. The molecule has 0 radical (unpaired) electrons. The highest BCUT2D eigenvalue weighted by Gasteiger charge is 2.27. The maximum Gasteiger partial charge on any atom is 0.513 e. The zero-order chi connectivity index (χ0) is 23.7. The summed E-state index contributed by atoms with van der Waals surface area (Å²) in [6, 6.07) is 3.92. The normalized spacial score (nSPS) is 13.5. The van der Waals surface area contributed by atoms with E-state index in [0.29, 0.717) is 17.9 Å². The van der Waals surface area contributed by atoms with Gasteiger partial charge in [-0.15, -0.1) is 0 Å². The van der Waals surface area contributed by atoms with E-state index < -0.39 is 6.16 Å². The first-order chi connectivity index (χ1) is 14.9. The summed E-state index contributed by atoms with van der Waals surface area (Å²) in [5, 5.41) is 5.05. The monoisotopic (exact) mass is 438 g/mol. The number of benzene rings is 1. The molecule has 0 spiro atoms. The van der Waals surface area contributed by atoms with Crippen molar-refractivity contribution in [3.63, 3.8) is 0 Å². The Labute approximate surface area is 189 Å². The number of ether oxygens (including phenoxy) is 2. The second kappa shape index (κ2) is 8.85. The van der Waals surface area contributed by atoms with E-state index in [4.69, 9.17) is 9.47 Å². The molecule has 0 aliphatic heterocycles. The van der Waals surface area contributed by atoms with Gasteiger partial charge in [0.05, 0.1) is 7.11 Å². The Bertz CT molecular complexity index is 1190. The standard InChI is InChI=1S/C26H34N2O4/c1-25(2,3)18-12-19(26(4,5)6)22(32-24(30)31-7)13-21(18)28-15-16-14-27-20-11-9-8-10-17(20)23(16)29/h10-14,27-28H,8-9,15H2,1-7H3. The average Bonchev–Trinajstić information content (AvgIpc) is 2.71. The van der Waals surface area contributed by atoms with E-state index in [9.17, 15) is 9.59 Å². The molecule has 0 unspecified atom stereocenters. The smallest absolute Gasteiger partial charge is 0.437 e. The number of carbonyl (C=O) groups excluding carboxylic acids is 1. The zero-order valence-electron chi connectivity index (χ0n) is 20.1. The van der Waals surface area contributed by atoms with Crippen LogP contribution in [-0.4, -0.2) is 18.2 Å². The fourth-order valence-electron chi connectivity index (χ4n) is 3.90. The zero-order valence-corrected chi connectivity index (χ0v) is 20.1. The Morgan fingerprint density at radius 2 is 1.69 bits per heavy atom. The number of H-pyrrole nitrogens is 1. The molecule has 1 heterocycles. The molecule has 2 aromatic rings. The number of rotatable bonds is 4. The van der Waals surface area contributed by atoms with E-state index in [1.54, 1.807) is 6.20 Å². The lowest BCUT2D eigenvalue weighted by Gasteiger charge is -2.29. The minimum Gasteiger partial charge on any atom is -0.437 e. The van der Waals surface area contributed by atoms with Crippen LogP contribution in [0.15, 0.2) is 23.1 Å². The summed E-state index contributed by atoms with van der Waals surface area (Å²) in [6.07, 6.45) is 6.90. The molecule has 1 aromatic carbocycles. The van der Waals surface area contributed by atoms with Crippen molar-refractivity contribution in [3.8, 4) is 5.75 Å². The Kier molecular flexibility index (Phi) is 6.54. The van der Waals surface area contributed by atoms with Crippen molar-refractivity contribution >= 4 is 24.0 Å². The van der Waals surface area contributed by atoms with Gasteiger partial charge in [-0.2, -0.15) is 0 Å². The highest BCUT2D eigenvalue weighted by Crippen LogP contribution is 2.40. The first-order valence-electron chi connectivity index (χ1n) is 11.0. The Hall–Kier alpha value is -3.02. The van der Waals surface area contributed by atoms with Gasteiger partial charge in [-0.25, -0.2) is 4.79 Å². The summed E-state index contributed by atoms with van der Waals surface area (Å²) < 4.78 is 10.2. The Morgan fingerprint density at radius 1 is 1.03 bits per heavy atom. The molecule has 0 amide bonds. The van der Waals surface area contributed by atoms with Crippen LogP contribution >= 0.6 is 0 Å². The van der Waals surface area contributed by atoms with Gasteiger partial charge in [0.25, 0.3) is 0 Å². The van der Waals surface area contributed by atoms with Crippen LogP contribution < -0.4 is 26.1 Å². The van der Waals surface area contributed by atoms with Crippen LogP contribution in [0.25, 0.3) is 12.2 Å². The minimum absolute atomic E-state index is 0.0388. The third kappa shape index (κ3) is 5.06. The van der Waals surface area contributed by atoms with E-state index in [2.05, 4.69) is 64.0 Å². The molecular formula is C26H34N2O4. The summed E-state index contributed by atoms with van der Waals surface area (Å²) in [5.74, 6) is 0.446. The highest BCUT2D eigenvalue weighted by atomic mass is 16.7. The maximum absolute atomic E-state index is 13.0. The third-order valence-electron chi connectivity index (χ3n) is 5.66. The van der Waals surface area contributed by atoms with E-state index in [0.717, 1.165) is 40.2 Å². The first kappa shape index (κ1) is 23.6. The van der Waals surface area contributed by atoms with Crippen LogP contribution in [0.2, 0.25) is 0 Å². The number of hydrogen-bond donors (Lipinski definition) is 2. The second-order valence-corrected chi connectivity index (χ2v) is 10.3. The van der Waals surface area contributed by atoms with Gasteiger partial charge in [0.1, 0.15) is 5.75 Å². The highest BCUT2D eigenvalue weighted by molar-refractivity contribution is 5.68. The molecule has 0 atom stereocenters. The molecule has 2 N–H and O–H groups in total. The SMILES string of the molecule is COC(=O)Oc1cc(NCc2c[nH]c3c(c2=O)=CCCC=3)c(C(C)(C)C)cc1C(C)(C)C. The van der Waals surface area contributed by atoms with Crippen LogP contribution in [0.5, 0.6) is 5.75 Å². The maximum atomic E-state index is 13.0. The van der Waals surface area contributed by atoms with E-state index in [1.165, 1.54) is 7.11 Å². The van der Waals surface area contributed by atoms with Gasteiger partial charge in [0.15, 0.2) is 5.43 Å².